The van der Waals surface area contributed by atoms with Crippen molar-refractivity contribution in [3.05, 3.63) is 0 Å². The molecule has 0 nitrogen and oxygen atoms in total. The van der Waals surface area contributed by atoms with Crippen LogP contribution in [0.4, 0.5) is 4.39 Å². The Morgan fingerprint density at radius 2 is 1.57 bits per heavy atom. The quantitative estimate of drug-likeness (QED) is 0.478. The Kier molecular flexibility index (Phi) is 7.54. The molecular weight excluding hydrogens is 259 g/mol. The number of rotatable bonds is 7. The monoisotopic (exact) mass is 296 g/mol. The lowest BCUT2D eigenvalue weighted by Crippen LogP contribution is -2.23. The normalized spacial score (nSPS) is 31.0. The minimum atomic E-state index is -0.531. The first kappa shape index (κ1) is 17.3. The summed E-state index contributed by atoms with van der Waals surface area (Å²) in [5.74, 6) is 3.08. The van der Waals surface area contributed by atoms with Crippen LogP contribution in [0.1, 0.15) is 97.3 Å². The summed E-state index contributed by atoms with van der Waals surface area (Å²) in [5, 5.41) is 0. The molecule has 0 bridgehead atoms. The van der Waals surface area contributed by atoms with Gasteiger partial charge in [-0.2, -0.15) is 0 Å². The summed E-state index contributed by atoms with van der Waals surface area (Å²) in [4.78, 5) is 0. The predicted octanol–water partition coefficient (Wildman–Crippen LogP) is 6.93. The fourth-order valence-corrected chi connectivity index (χ4v) is 4.93. The molecule has 2 aliphatic carbocycles. The maximum absolute atomic E-state index is 14.4. The zero-order valence-electron chi connectivity index (χ0n) is 14.5. The molecule has 0 spiro atoms. The van der Waals surface area contributed by atoms with Gasteiger partial charge in [0.1, 0.15) is 6.17 Å². The third kappa shape index (κ3) is 5.91. The molecule has 0 aromatic heterocycles. The van der Waals surface area contributed by atoms with Crippen LogP contribution in [0.25, 0.3) is 0 Å². The molecule has 124 valence electrons. The first-order valence-corrected chi connectivity index (χ1v) is 9.83. The van der Waals surface area contributed by atoms with Gasteiger partial charge in [-0.15, -0.1) is 0 Å². The van der Waals surface area contributed by atoms with Gasteiger partial charge in [-0.25, -0.2) is 4.39 Å². The zero-order chi connectivity index (χ0) is 15.1. The number of halogens is 1. The first-order chi connectivity index (χ1) is 10.2. The van der Waals surface area contributed by atoms with E-state index in [0.29, 0.717) is 11.8 Å². The van der Waals surface area contributed by atoms with Crippen LogP contribution in [-0.4, -0.2) is 6.17 Å². The molecule has 0 N–H and O–H groups in total. The number of alkyl halides is 1. The van der Waals surface area contributed by atoms with Crippen LogP contribution in [0.5, 0.6) is 0 Å². The minimum Gasteiger partial charge on any atom is -0.247 e. The first-order valence-electron chi connectivity index (χ1n) is 9.83. The average Bonchev–Trinajstić information content (AvgIpc) is 2.49. The molecule has 0 amide bonds. The van der Waals surface area contributed by atoms with Crippen LogP contribution in [0.3, 0.4) is 0 Å². The molecule has 0 saturated heterocycles. The zero-order valence-corrected chi connectivity index (χ0v) is 14.5. The molecule has 2 unspecified atom stereocenters. The summed E-state index contributed by atoms with van der Waals surface area (Å²) in [6.07, 6.45) is 16.1. The van der Waals surface area contributed by atoms with Crippen LogP contribution in [0.15, 0.2) is 0 Å². The van der Waals surface area contributed by atoms with E-state index in [-0.39, 0.29) is 0 Å². The van der Waals surface area contributed by atoms with Crippen molar-refractivity contribution in [1.82, 2.24) is 0 Å². The summed E-state index contributed by atoms with van der Waals surface area (Å²) in [7, 11) is 0. The fraction of sp³-hybridized carbons (Fsp3) is 1.00. The molecule has 0 aliphatic heterocycles. The van der Waals surface area contributed by atoms with Crippen LogP contribution in [0.2, 0.25) is 0 Å². The molecule has 0 radical (unpaired) electrons. The third-order valence-electron chi connectivity index (χ3n) is 6.33. The lowest BCUT2D eigenvalue weighted by atomic mass is 9.73. The summed E-state index contributed by atoms with van der Waals surface area (Å²) < 4.78 is 14.4. The van der Waals surface area contributed by atoms with Crippen LogP contribution in [0, 0.1) is 23.7 Å². The molecule has 0 aromatic carbocycles. The standard InChI is InChI=1S/C20H37F/c1-3-7-17-10-12-19(13-11-17)16(2)14-20(21)15-18-8-5-4-6-9-18/h16-20H,3-15H2,1-2H3. The number of hydrogen-bond acceptors (Lipinski definition) is 0. The van der Waals surface area contributed by atoms with Gasteiger partial charge in [0.05, 0.1) is 0 Å². The molecule has 0 heterocycles. The van der Waals surface area contributed by atoms with Crippen molar-refractivity contribution in [2.45, 2.75) is 103 Å². The molecule has 2 rings (SSSR count). The molecular formula is C20H37F. The van der Waals surface area contributed by atoms with Crippen LogP contribution in [-0.2, 0) is 0 Å². The lowest BCUT2D eigenvalue weighted by molar-refractivity contribution is 0.148. The molecule has 0 aromatic rings. The second-order valence-corrected chi connectivity index (χ2v) is 8.12. The van der Waals surface area contributed by atoms with Gasteiger partial charge >= 0.3 is 0 Å². The maximum atomic E-state index is 14.4. The summed E-state index contributed by atoms with van der Waals surface area (Å²) >= 11 is 0. The maximum Gasteiger partial charge on any atom is 0.101 e. The second kappa shape index (κ2) is 9.16. The van der Waals surface area contributed by atoms with Crippen molar-refractivity contribution < 1.29 is 4.39 Å². The van der Waals surface area contributed by atoms with E-state index in [1.54, 1.807) is 0 Å². The van der Waals surface area contributed by atoms with E-state index in [4.69, 9.17) is 0 Å². The van der Waals surface area contributed by atoms with Crippen molar-refractivity contribution in [1.29, 1.82) is 0 Å². The van der Waals surface area contributed by atoms with Crippen molar-refractivity contribution >= 4 is 0 Å². The molecule has 2 fully saturated rings. The van der Waals surface area contributed by atoms with Gasteiger partial charge in [-0.3, -0.25) is 0 Å². The highest BCUT2D eigenvalue weighted by Crippen LogP contribution is 2.38. The Labute approximate surface area is 132 Å². The molecule has 21 heavy (non-hydrogen) atoms. The van der Waals surface area contributed by atoms with E-state index >= 15 is 0 Å². The van der Waals surface area contributed by atoms with E-state index in [1.807, 2.05) is 0 Å². The van der Waals surface area contributed by atoms with Crippen molar-refractivity contribution in [3.63, 3.8) is 0 Å². The topological polar surface area (TPSA) is 0 Å². The van der Waals surface area contributed by atoms with Gasteiger partial charge in [0.25, 0.3) is 0 Å². The van der Waals surface area contributed by atoms with E-state index in [2.05, 4.69) is 13.8 Å². The predicted molar refractivity (Wildman–Crippen MR) is 90.2 cm³/mol. The molecule has 2 atom stereocenters. The average molecular weight is 297 g/mol. The van der Waals surface area contributed by atoms with Gasteiger partial charge in [0, 0.05) is 0 Å². The largest absolute Gasteiger partial charge is 0.247 e. The third-order valence-corrected chi connectivity index (χ3v) is 6.33. The molecule has 2 saturated carbocycles. The Bertz CT molecular complexity index is 261. The molecule has 2 aliphatic rings. The second-order valence-electron chi connectivity index (χ2n) is 8.12. The smallest absolute Gasteiger partial charge is 0.101 e. The Balaban J connectivity index is 1.65. The van der Waals surface area contributed by atoms with Crippen molar-refractivity contribution in [2.24, 2.45) is 23.7 Å². The van der Waals surface area contributed by atoms with E-state index in [1.165, 1.54) is 70.6 Å². The van der Waals surface area contributed by atoms with Crippen molar-refractivity contribution in [3.8, 4) is 0 Å². The van der Waals surface area contributed by atoms with Gasteiger partial charge < -0.3 is 0 Å². The van der Waals surface area contributed by atoms with E-state index in [0.717, 1.165) is 24.7 Å². The van der Waals surface area contributed by atoms with Gasteiger partial charge in [0.2, 0.25) is 0 Å². The van der Waals surface area contributed by atoms with E-state index < -0.39 is 6.17 Å². The molecule has 1 heteroatoms. The van der Waals surface area contributed by atoms with Gasteiger partial charge in [0.15, 0.2) is 0 Å². The SMILES string of the molecule is CCCC1CCC(C(C)CC(F)CC2CCCCC2)CC1. The van der Waals surface area contributed by atoms with Gasteiger partial charge in [-0.1, -0.05) is 71.6 Å². The van der Waals surface area contributed by atoms with Crippen LogP contribution >= 0.6 is 0 Å². The van der Waals surface area contributed by atoms with Crippen molar-refractivity contribution in [2.75, 3.05) is 0 Å². The van der Waals surface area contributed by atoms with E-state index in [9.17, 15) is 4.39 Å². The lowest BCUT2D eigenvalue weighted by Gasteiger charge is -2.33. The Hall–Kier alpha value is -0.0700. The summed E-state index contributed by atoms with van der Waals surface area (Å²) in [5.41, 5.74) is 0. The number of hydrogen-bond donors (Lipinski definition) is 0. The van der Waals surface area contributed by atoms with Crippen LogP contribution < -0.4 is 0 Å². The Morgan fingerprint density at radius 1 is 0.905 bits per heavy atom. The fourth-order valence-electron chi connectivity index (χ4n) is 4.93. The van der Waals surface area contributed by atoms with Gasteiger partial charge in [-0.05, 0) is 49.4 Å². The summed E-state index contributed by atoms with van der Waals surface area (Å²) in [6, 6.07) is 0. The Morgan fingerprint density at radius 3 is 2.19 bits per heavy atom. The summed E-state index contributed by atoms with van der Waals surface area (Å²) in [6.45, 7) is 4.62. The highest BCUT2D eigenvalue weighted by molar-refractivity contribution is 4.79. The highest BCUT2D eigenvalue weighted by Gasteiger charge is 2.27. The highest BCUT2D eigenvalue weighted by atomic mass is 19.1. The minimum absolute atomic E-state index is 0.531.